The van der Waals surface area contributed by atoms with Crippen LogP contribution in [0.2, 0.25) is 0 Å². The molecule has 1 aromatic heterocycles. The summed E-state index contributed by atoms with van der Waals surface area (Å²) in [5, 5.41) is 6.17. The number of ether oxygens (including phenoxy) is 1. The Balaban J connectivity index is 1.66. The van der Waals surface area contributed by atoms with Crippen LogP contribution in [0.3, 0.4) is 0 Å². The summed E-state index contributed by atoms with van der Waals surface area (Å²) in [5.41, 5.74) is 2.66. The van der Waals surface area contributed by atoms with E-state index in [-0.39, 0.29) is 18.5 Å². The molecule has 0 fully saturated rings. The van der Waals surface area contributed by atoms with Gasteiger partial charge in [0.25, 0.3) is 0 Å². The van der Waals surface area contributed by atoms with Crippen LogP contribution in [0.15, 0.2) is 79.0 Å². The maximum Gasteiger partial charge on any atom is 0.238 e. The zero-order chi connectivity index (χ0) is 18.2. The molecule has 1 amide bonds. The van der Waals surface area contributed by atoms with Gasteiger partial charge in [-0.1, -0.05) is 36.4 Å². The van der Waals surface area contributed by atoms with Crippen LogP contribution in [0.1, 0.15) is 17.3 Å². The Hall–Kier alpha value is -3.18. The quantitative estimate of drug-likeness (QED) is 0.687. The summed E-state index contributed by atoms with van der Waals surface area (Å²) < 4.78 is 5.12. The van der Waals surface area contributed by atoms with E-state index in [4.69, 9.17) is 4.74 Å². The smallest absolute Gasteiger partial charge is 0.238 e. The molecule has 3 aromatic rings. The van der Waals surface area contributed by atoms with E-state index in [0.29, 0.717) is 0 Å². The number of carbonyl (C=O) groups excluding carboxylic acids is 1. The van der Waals surface area contributed by atoms with Crippen LogP contribution in [-0.2, 0) is 4.79 Å². The number of anilines is 1. The first-order valence-corrected chi connectivity index (χ1v) is 8.39. The van der Waals surface area contributed by atoms with Crippen LogP contribution in [-0.4, -0.2) is 24.5 Å². The zero-order valence-corrected chi connectivity index (χ0v) is 14.6. The number of benzene rings is 2. The molecule has 0 saturated heterocycles. The van der Waals surface area contributed by atoms with Gasteiger partial charge < -0.3 is 10.1 Å². The molecule has 1 unspecified atom stereocenters. The van der Waals surface area contributed by atoms with Crippen LogP contribution >= 0.6 is 0 Å². The molecule has 0 spiro atoms. The topological polar surface area (TPSA) is 63.2 Å². The third-order valence-corrected chi connectivity index (χ3v) is 3.96. The van der Waals surface area contributed by atoms with Crippen LogP contribution in [0, 0.1) is 0 Å². The number of aromatic nitrogens is 1. The number of carbonyl (C=O) groups is 1. The fourth-order valence-electron chi connectivity index (χ4n) is 2.66. The molecule has 0 aliphatic carbocycles. The fraction of sp³-hybridized carbons (Fsp3) is 0.143. The first-order valence-electron chi connectivity index (χ1n) is 8.39. The first-order chi connectivity index (χ1) is 12.8. The highest BCUT2D eigenvalue weighted by Crippen LogP contribution is 2.20. The summed E-state index contributed by atoms with van der Waals surface area (Å²) in [6, 6.07) is 22.8. The highest BCUT2D eigenvalue weighted by molar-refractivity contribution is 5.92. The number of hydrogen-bond acceptors (Lipinski definition) is 4. The predicted molar refractivity (Wildman–Crippen MR) is 102 cm³/mol. The van der Waals surface area contributed by atoms with Gasteiger partial charge in [0.2, 0.25) is 5.91 Å². The SMILES string of the molecule is COc1ccc(NC(=O)CNC(c2ccccc2)c2ccccn2)cc1. The summed E-state index contributed by atoms with van der Waals surface area (Å²) in [4.78, 5) is 16.7. The van der Waals surface area contributed by atoms with Gasteiger partial charge >= 0.3 is 0 Å². The molecular formula is C21H21N3O2. The molecule has 0 bridgehead atoms. The number of nitrogens with one attached hydrogen (secondary N) is 2. The standard InChI is InChI=1S/C21H21N3O2/c1-26-18-12-10-17(11-13-18)24-20(25)15-23-21(16-7-3-2-4-8-16)19-9-5-6-14-22-19/h2-14,21,23H,15H2,1H3,(H,24,25). The third-order valence-electron chi connectivity index (χ3n) is 3.96. The minimum absolute atomic E-state index is 0.118. The van der Waals surface area contributed by atoms with E-state index >= 15 is 0 Å². The lowest BCUT2D eigenvalue weighted by atomic mass is 10.0. The van der Waals surface area contributed by atoms with Gasteiger partial charge in [-0.05, 0) is 42.0 Å². The second-order valence-corrected chi connectivity index (χ2v) is 5.76. The average Bonchev–Trinajstić information content (AvgIpc) is 2.70. The number of methoxy groups -OCH3 is 1. The number of amides is 1. The normalized spacial score (nSPS) is 11.6. The van der Waals surface area contributed by atoms with Crippen LogP contribution in [0.4, 0.5) is 5.69 Å². The van der Waals surface area contributed by atoms with Gasteiger partial charge in [0, 0.05) is 11.9 Å². The van der Waals surface area contributed by atoms with Gasteiger partial charge in [0.05, 0.1) is 25.4 Å². The molecular weight excluding hydrogens is 326 g/mol. The molecule has 0 aliphatic heterocycles. The zero-order valence-electron chi connectivity index (χ0n) is 14.6. The Bertz CT molecular complexity index is 781. The molecule has 1 atom stereocenters. The van der Waals surface area contributed by atoms with Gasteiger partial charge in [-0.25, -0.2) is 0 Å². The minimum Gasteiger partial charge on any atom is -0.497 e. The van der Waals surface area contributed by atoms with Gasteiger partial charge in [0.15, 0.2) is 0 Å². The molecule has 5 heteroatoms. The van der Waals surface area contributed by atoms with E-state index in [9.17, 15) is 4.79 Å². The van der Waals surface area contributed by atoms with Crippen molar-refractivity contribution in [1.82, 2.24) is 10.3 Å². The highest BCUT2D eigenvalue weighted by atomic mass is 16.5. The molecule has 1 heterocycles. The van der Waals surface area contributed by atoms with E-state index in [1.54, 1.807) is 13.3 Å². The molecule has 0 aliphatic rings. The first kappa shape index (κ1) is 17.6. The van der Waals surface area contributed by atoms with E-state index in [1.165, 1.54) is 0 Å². The van der Waals surface area contributed by atoms with E-state index < -0.39 is 0 Å². The monoisotopic (exact) mass is 347 g/mol. The summed E-state index contributed by atoms with van der Waals surface area (Å²) in [6.45, 7) is 0.169. The molecule has 26 heavy (non-hydrogen) atoms. The molecule has 2 aromatic carbocycles. The minimum atomic E-state index is -0.154. The third kappa shape index (κ3) is 4.68. The van der Waals surface area contributed by atoms with Crippen molar-refractivity contribution in [2.75, 3.05) is 19.0 Å². The Morgan fingerprint density at radius 3 is 2.38 bits per heavy atom. The van der Waals surface area contributed by atoms with Crippen molar-refractivity contribution in [3.8, 4) is 5.75 Å². The number of nitrogens with zero attached hydrogens (tertiary/aromatic N) is 1. The largest absolute Gasteiger partial charge is 0.497 e. The van der Waals surface area contributed by atoms with Crippen molar-refractivity contribution in [3.63, 3.8) is 0 Å². The van der Waals surface area contributed by atoms with Gasteiger partial charge in [0.1, 0.15) is 5.75 Å². The molecule has 3 rings (SSSR count). The van der Waals surface area contributed by atoms with Crippen molar-refractivity contribution in [2.24, 2.45) is 0 Å². The van der Waals surface area contributed by atoms with Crippen molar-refractivity contribution >= 4 is 11.6 Å². The van der Waals surface area contributed by atoms with Crippen LogP contribution in [0.25, 0.3) is 0 Å². The number of pyridine rings is 1. The Labute approximate surface area is 153 Å². The molecule has 0 saturated carbocycles. The molecule has 0 radical (unpaired) electrons. The van der Waals surface area contributed by atoms with Crippen molar-refractivity contribution in [3.05, 3.63) is 90.3 Å². The Kier molecular flexibility index (Phi) is 5.96. The maximum atomic E-state index is 12.3. The Morgan fingerprint density at radius 1 is 1.00 bits per heavy atom. The van der Waals surface area contributed by atoms with Crippen LogP contribution in [0.5, 0.6) is 5.75 Å². The second-order valence-electron chi connectivity index (χ2n) is 5.76. The average molecular weight is 347 g/mol. The van der Waals surface area contributed by atoms with Gasteiger partial charge in [-0.3, -0.25) is 15.1 Å². The molecule has 5 nitrogen and oxygen atoms in total. The fourth-order valence-corrected chi connectivity index (χ4v) is 2.66. The summed E-state index contributed by atoms with van der Waals surface area (Å²) in [6.07, 6.45) is 1.75. The van der Waals surface area contributed by atoms with Crippen molar-refractivity contribution in [1.29, 1.82) is 0 Å². The van der Waals surface area contributed by atoms with Crippen LogP contribution < -0.4 is 15.4 Å². The number of hydrogen-bond donors (Lipinski definition) is 2. The maximum absolute atomic E-state index is 12.3. The number of rotatable bonds is 7. The summed E-state index contributed by atoms with van der Waals surface area (Å²) in [7, 11) is 1.61. The van der Waals surface area contributed by atoms with E-state index in [0.717, 1.165) is 22.7 Å². The molecule has 132 valence electrons. The summed E-state index contributed by atoms with van der Waals surface area (Å²) in [5.74, 6) is 0.632. The molecule has 2 N–H and O–H groups in total. The van der Waals surface area contributed by atoms with Gasteiger partial charge in [-0.15, -0.1) is 0 Å². The lowest BCUT2D eigenvalue weighted by Crippen LogP contribution is -2.32. The Morgan fingerprint density at radius 2 is 1.73 bits per heavy atom. The van der Waals surface area contributed by atoms with Gasteiger partial charge in [-0.2, -0.15) is 0 Å². The van der Waals surface area contributed by atoms with E-state index in [2.05, 4.69) is 15.6 Å². The highest BCUT2D eigenvalue weighted by Gasteiger charge is 2.16. The second kappa shape index (κ2) is 8.78. The lowest BCUT2D eigenvalue weighted by Gasteiger charge is -2.18. The summed E-state index contributed by atoms with van der Waals surface area (Å²) >= 11 is 0. The van der Waals surface area contributed by atoms with E-state index in [1.807, 2.05) is 72.8 Å². The van der Waals surface area contributed by atoms with Crippen molar-refractivity contribution < 1.29 is 9.53 Å². The van der Waals surface area contributed by atoms with Crippen molar-refractivity contribution in [2.45, 2.75) is 6.04 Å². The predicted octanol–water partition coefficient (Wildman–Crippen LogP) is 3.41. The lowest BCUT2D eigenvalue weighted by molar-refractivity contribution is -0.115.